The first-order valence-electron chi connectivity index (χ1n) is 10.1. The lowest BCUT2D eigenvalue weighted by Gasteiger charge is -2.45. The maximum atomic E-state index is 12.0. The van der Waals surface area contributed by atoms with Crippen molar-refractivity contribution in [3.63, 3.8) is 0 Å². The van der Waals surface area contributed by atoms with Crippen molar-refractivity contribution in [3.8, 4) is 17.0 Å². The van der Waals surface area contributed by atoms with Crippen LogP contribution in [0.25, 0.3) is 16.8 Å². The Kier molecular flexibility index (Phi) is 4.13. The SMILES string of the molecule is Cn1ncc(OC[C@H]2NCC2(C)C)c1-c1ccn2nc(NC(=O)C3CC3)cc2c1. The molecule has 5 rings (SSSR count). The Balaban J connectivity index is 1.38. The fourth-order valence-electron chi connectivity index (χ4n) is 3.74. The number of fused-ring (bicyclic) bond motifs is 1. The molecular formula is C21H26N6O2. The Hall–Kier alpha value is -2.87. The van der Waals surface area contributed by atoms with Gasteiger partial charge in [0.25, 0.3) is 0 Å². The Bertz CT molecular complexity index is 1080. The van der Waals surface area contributed by atoms with Crippen LogP contribution in [0.3, 0.4) is 0 Å². The summed E-state index contributed by atoms with van der Waals surface area (Å²) in [6.45, 7) is 6.11. The van der Waals surface area contributed by atoms with Crippen LogP contribution in [0.5, 0.6) is 5.75 Å². The Labute approximate surface area is 169 Å². The monoisotopic (exact) mass is 394 g/mol. The van der Waals surface area contributed by atoms with Gasteiger partial charge in [0.1, 0.15) is 12.3 Å². The summed E-state index contributed by atoms with van der Waals surface area (Å²) >= 11 is 0. The van der Waals surface area contributed by atoms with Crippen LogP contribution < -0.4 is 15.4 Å². The zero-order valence-electron chi connectivity index (χ0n) is 17.0. The summed E-state index contributed by atoms with van der Waals surface area (Å²) in [6, 6.07) is 6.25. The van der Waals surface area contributed by atoms with Crippen LogP contribution in [0, 0.1) is 11.3 Å². The van der Waals surface area contributed by atoms with Crippen molar-refractivity contribution < 1.29 is 9.53 Å². The van der Waals surface area contributed by atoms with E-state index >= 15 is 0 Å². The summed E-state index contributed by atoms with van der Waals surface area (Å²) in [7, 11) is 1.91. The number of pyridine rings is 1. The molecule has 0 radical (unpaired) electrons. The van der Waals surface area contributed by atoms with E-state index in [4.69, 9.17) is 4.74 Å². The van der Waals surface area contributed by atoms with Crippen molar-refractivity contribution >= 4 is 17.2 Å². The Morgan fingerprint density at radius 3 is 2.90 bits per heavy atom. The quantitative estimate of drug-likeness (QED) is 0.671. The molecule has 1 atom stereocenters. The normalized spacial score (nSPS) is 20.4. The number of aromatic nitrogens is 4. The van der Waals surface area contributed by atoms with Crippen molar-refractivity contribution in [2.75, 3.05) is 18.5 Å². The van der Waals surface area contributed by atoms with Gasteiger partial charge in [-0.2, -0.15) is 10.2 Å². The van der Waals surface area contributed by atoms with E-state index in [-0.39, 0.29) is 17.2 Å². The number of amides is 1. The Morgan fingerprint density at radius 2 is 2.21 bits per heavy atom. The molecule has 0 unspecified atom stereocenters. The third kappa shape index (κ3) is 3.37. The van der Waals surface area contributed by atoms with Gasteiger partial charge in [0.05, 0.1) is 11.7 Å². The van der Waals surface area contributed by atoms with E-state index in [0.29, 0.717) is 18.5 Å². The van der Waals surface area contributed by atoms with E-state index in [2.05, 4.69) is 34.7 Å². The maximum Gasteiger partial charge on any atom is 0.228 e. The molecule has 1 aliphatic heterocycles. The molecule has 4 heterocycles. The lowest BCUT2D eigenvalue weighted by molar-refractivity contribution is -0.117. The molecule has 8 nitrogen and oxygen atoms in total. The summed E-state index contributed by atoms with van der Waals surface area (Å²) < 4.78 is 9.72. The highest BCUT2D eigenvalue weighted by molar-refractivity contribution is 5.93. The number of hydrogen-bond acceptors (Lipinski definition) is 5. The summed E-state index contributed by atoms with van der Waals surface area (Å²) in [6.07, 6.45) is 5.61. The minimum Gasteiger partial charge on any atom is -0.488 e. The lowest BCUT2D eigenvalue weighted by atomic mass is 9.78. The van der Waals surface area contributed by atoms with Gasteiger partial charge in [-0.1, -0.05) is 13.8 Å². The lowest BCUT2D eigenvalue weighted by Crippen LogP contribution is -2.61. The summed E-state index contributed by atoms with van der Waals surface area (Å²) in [5, 5.41) is 15.2. The molecule has 1 amide bonds. The van der Waals surface area contributed by atoms with Gasteiger partial charge in [-0.25, -0.2) is 4.52 Å². The Morgan fingerprint density at radius 1 is 1.38 bits per heavy atom. The number of carbonyl (C=O) groups excluding carboxylic acids is 1. The first-order chi connectivity index (χ1) is 13.9. The third-order valence-electron chi connectivity index (χ3n) is 5.99. The predicted molar refractivity (Wildman–Crippen MR) is 110 cm³/mol. The number of aryl methyl sites for hydroxylation is 1. The number of anilines is 1. The minimum atomic E-state index is 0.0588. The molecule has 1 saturated heterocycles. The summed E-state index contributed by atoms with van der Waals surface area (Å²) in [4.78, 5) is 12.0. The van der Waals surface area contributed by atoms with Crippen molar-refractivity contribution in [3.05, 3.63) is 30.6 Å². The number of hydrogen-bond donors (Lipinski definition) is 2. The van der Waals surface area contributed by atoms with E-state index in [1.807, 2.05) is 36.1 Å². The van der Waals surface area contributed by atoms with Crippen molar-refractivity contribution in [1.82, 2.24) is 24.7 Å². The second kappa shape index (κ2) is 6.59. The highest BCUT2D eigenvalue weighted by Crippen LogP contribution is 2.33. The van der Waals surface area contributed by atoms with Crippen LogP contribution in [0.4, 0.5) is 5.82 Å². The predicted octanol–water partition coefficient (Wildman–Crippen LogP) is 2.46. The zero-order chi connectivity index (χ0) is 20.2. The standard InChI is InChI=1S/C21H26N6O2/c1-21(2)12-22-17(21)11-29-16-10-23-26(3)19(16)14-6-7-27-15(8-14)9-18(25-27)24-20(28)13-4-5-13/h6-10,13,17,22H,4-5,11-12H2,1-3H3,(H,24,25,28)/t17-/m1/s1. The molecule has 3 aromatic heterocycles. The average Bonchev–Trinajstić information content (AvgIpc) is 3.36. The van der Waals surface area contributed by atoms with Gasteiger partial charge in [0, 0.05) is 43.4 Å². The molecule has 1 saturated carbocycles. The van der Waals surface area contributed by atoms with E-state index in [1.54, 1.807) is 10.7 Å². The highest BCUT2D eigenvalue weighted by atomic mass is 16.5. The van der Waals surface area contributed by atoms with Crippen LogP contribution >= 0.6 is 0 Å². The molecule has 2 N–H and O–H groups in total. The number of nitrogens with one attached hydrogen (secondary N) is 2. The number of nitrogens with zero attached hydrogens (tertiary/aromatic N) is 4. The average molecular weight is 394 g/mol. The topological polar surface area (TPSA) is 85.5 Å². The molecule has 0 aromatic carbocycles. The van der Waals surface area contributed by atoms with Crippen LogP contribution in [0.2, 0.25) is 0 Å². The van der Waals surface area contributed by atoms with Gasteiger partial charge < -0.3 is 15.4 Å². The van der Waals surface area contributed by atoms with E-state index in [0.717, 1.165) is 41.9 Å². The smallest absolute Gasteiger partial charge is 0.228 e. The van der Waals surface area contributed by atoms with Crippen LogP contribution in [-0.4, -0.2) is 44.5 Å². The van der Waals surface area contributed by atoms with Gasteiger partial charge in [-0.05, 0) is 30.4 Å². The molecule has 8 heteroatoms. The fraction of sp³-hybridized carbons (Fsp3) is 0.476. The van der Waals surface area contributed by atoms with Crippen molar-refractivity contribution in [2.45, 2.75) is 32.7 Å². The van der Waals surface area contributed by atoms with Crippen LogP contribution in [0.1, 0.15) is 26.7 Å². The maximum absolute atomic E-state index is 12.0. The molecule has 2 fully saturated rings. The minimum absolute atomic E-state index is 0.0588. The second-order valence-corrected chi connectivity index (χ2v) is 8.79. The third-order valence-corrected chi connectivity index (χ3v) is 5.99. The van der Waals surface area contributed by atoms with Gasteiger partial charge in [0.15, 0.2) is 11.6 Å². The van der Waals surface area contributed by atoms with E-state index in [9.17, 15) is 4.79 Å². The van der Waals surface area contributed by atoms with Crippen molar-refractivity contribution in [2.24, 2.45) is 18.4 Å². The van der Waals surface area contributed by atoms with Crippen LogP contribution in [0.15, 0.2) is 30.6 Å². The second-order valence-electron chi connectivity index (χ2n) is 8.79. The number of rotatable bonds is 6. The zero-order valence-corrected chi connectivity index (χ0v) is 17.0. The molecule has 0 spiro atoms. The fourth-order valence-corrected chi connectivity index (χ4v) is 3.74. The van der Waals surface area contributed by atoms with Crippen molar-refractivity contribution in [1.29, 1.82) is 0 Å². The summed E-state index contributed by atoms with van der Waals surface area (Å²) in [5.74, 6) is 1.56. The summed E-state index contributed by atoms with van der Waals surface area (Å²) in [5.41, 5.74) is 3.07. The highest BCUT2D eigenvalue weighted by Gasteiger charge is 2.38. The van der Waals surface area contributed by atoms with Crippen LogP contribution in [-0.2, 0) is 11.8 Å². The first kappa shape index (κ1) is 18.2. The molecule has 0 bridgehead atoms. The van der Waals surface area contributed by atoms with Gasteiger partial charge >= 0.3 is 0 Å². The molecule has 1 aliphatic carbocycles. The van der Waals surface area contributed by atoms with E-state index < -0.39 is 0 Å². The van der Waals surface area contributed by atoms with Gasteiger partial charge in [-0.15, -0.1) is 0 Å². The number of ether oxygens (including phenoxy) is 1. The largest absolute Gasteiger partial charge is 0.488 e. The molecule has 29 heavy (non-hydrogen) atoms. The molecule has 152 valence electrons. The number of carbonyl (C=O) groups is 1. The van der Waals surface area contributed by atoms with E-state index in [1.165, 1.54) is 0 Å². The molecule has 2 aliphatic rings. The molecular weight excluding hydrogens is 368 g/mol. The molecule has 3 aromatic rings. The van der Waals surface area contributed by atoms with Gasteiger partial charge in [0.2, 0.25) is 5.91 Å². The first-order valence-corrected chi connectivity index (χ1v) is 10.1. The van der Waals surface area contributed by atoms with Gasteiger partial charge in [-0.3, -0.25) is 9.48 Å².